The van der Waals surface area contributed by atoms with Gasteiger partial charge in [-0.25, -0.2) is 4.98 Å². The molecule has 1 aromatic carbocycles. The topological polar surface area (TPSA) is 78.1 Å². The van der Waals surface area contributed by atoms with Gasteiger partial charge in [-0.1, -0.05) is 26.0 Å². The number of nitrogens with zero attached hydrogens (tertiary/aromatic N) is 2. The summed E-state index contributed by atoms with van der Waals surface area (Å²) in [7, 11) is 3.36. The minimum atomic E-state index is -4.36. The van der Waals surface area contributed by atoms with Gasteiger partial charge >= 0.3 is 5.51 Å². The van der Waals surface area contributed by atoms with E-state index in [2.05, 4.69) is 15.3 Å². The van der Waals surface area contributed by atoms with Gasteiger partial charge in [0.25, 0.3) is 11.5 Å². The Morgan fingerprint density at radius 1 is 1.21 bits per heavy atom. The molecule has 6 nitrogen and oxygen atoms in total. The number of H-pyrrole nitrogens is 1. The van der Waals surface area contributed by atoms with E-state index in [0.29, 0.717) is 5.56 Å². The molecule has 152 valence electrons. The Balaban J connectivity index is 2.23. The summed E-state index contributed by atoms with van der Waals surface area (Å²) in [4.78, 5) is 32.7. The second-order valence-corrected chi connectivity index (χ2v) is 7.80. The summed E-state index contributed by atoms with van der Waals surface area (Å²) in [6.45, 7) is 3.75. The zero-order valence-electron chi connectivity index (χ0n) is 15.8. The van der Waals surface area contributed by atoms with Gasteiger partial charge in [0.05, 0.1) is 6.04 Å². The molecule has 1 aromatic heterocycles. The molecule has 0 saturated carbocycles. The number of amides is 1. The maximum atomic E-state index is 12.6. The first-order valence-corrected chi connectivity index (χ1v) is 9.23. The lowest BCUT2D eigenvalue weighted by atomic mass is 9.96. The molecule has 0 spiro atoms. The van der Waals surface area contributed by atoms with E-state index in [1.807, 2.05) is 13.8 Å². The molecule has 0 unspecified atom stereocenters. The van der Waals surface area contributed by atoms with Crippen molar-refractivity contribution in [3.8, 4) is 0 Å². The van der Waals surface area contributed by atoms with E-state index in [1.165, 1.54) is 12.1 Å². The van der Waals surface area contributed by atoms with Crippen LogP contribution < -0.4 is 15.8 Å². The molecule has 2 aromatic rings. The Labute approximate surface area is 164 Å². The largest absolute Gasteiger partial charge is 0.446 e. The average Bonchev–Trinajstić information content (AvgIpc) is 2.58. The number of thioether (sulfide) groups is 1. The Bertz CT molecular complexity index is 880. The number of halogens is 3. The maximum absolute atomic E-state index is 12.6. The molecule has 10 heteroatoms. The van der Waals surface area contributed by atoms with Crippen LogP contribution in [0.4, 0.5) is 19.1 Å². The minimum Gasteiger partial charge on any atom is -0.348 e. The van der Waals surface area contributed by atoms with Crippen molar-refractivity contribution < 1.29 is 18.0 Å². The molecular weight excluding hydrogens is 393 g/mol. The SMILES string of the molecule is CC(C)[C@@H](NC(=O)c1cc(=O)[nH]c(N(C)C)n1)c1ccc(SC(F)(F)F)cc1. The summed E-state index contributed by atoms with van der Waals surface area (Å²) in [5, 5.41) is 2.81. The molecule has 0 saturated heterocycles. The fourth-order valence-corrected chi connectivity index (χ4v) is 3.04. The fourth-order valence-electron chi connectivity index (χ4n) is 2.50. The van der Waals surface area contributed by atoms with Crippen molar-refractivity contribution in [2.24, 2.45) is 5.92 Å². The number of carbonyl (C=O) groups excluding carboxylic acids is 1. The molecule has 0 radical (unpaired) electrons. The average molecular weight is 414 g/mol. The summed E-state index contributed by atoms with van der Waals surface area (Å²) in [6, 6.07) is 6.48. The van der Waals surface area contributed by atoms with Crippen LogP contribution in [-0.2, 0) is 0 Å². The van der Waals surface area contributed by atoms with Gasteiger partial charge in [-0.3, -0.25) is 14.6 Å². The normalized spacial score (nSPS) is 12.7. The number of aromatic amines is 1. The standard InChI is InChI=1S/C18H21F3N4O2S/c1-10(2)15(11-5-7-12(8-6-11)28-18(19,20)21)24-16(27)13-9-14(26)23-17(22-13)25(3)4/h5-10,15H,1-4H3,(H,24,27)(H,22,23,26)/t15-/m1/s1. The zero-order chi connectivity index (χ0) is 21.1. The van der Waals surface area contributed by atoms with Crippen molar-refractivity contribution in [3.05, 3.63) is 51.9 Å². The van der Waals surface area contributed by atoms with E-state index in [0.717, 1.165) is 6.07 Å². The first-order valence-electron chi connectivity index (χ1n) is 8.41. The summed E-state index contributed by atoms with van der Waals surface area (Å²) in [5.41, 5.74) is -4.20. The third kappa shape index (κ3) is 6.01. The smallest absolute Gasteiger partial charge is 0.348 e. The van der Waals surface area contributed by atoms with Crippen LogP contribution in [0, 0.1) is 5.92 Å². The molecule has 0 fully saturated rings. The van der Waals surface area contributed by atoms with Crippen LogP contribution in [0.15, 0.2) is 40.0 Å². The lowest BCUT2D eigenvalue weighted by molar-refractivity contribution is -0.0328. The number of benzene rings is 1. The van der Waals surface area contributed by atoms with Gasteiger partial charge in [0.2, 0.25) is 5.95 Å². The van der Waals surface area contributed by atoms with Crippen molar-refractivity contribution in [3.63, 3.8) is 0 Å². The summed E-state index contributed by atoms with van der Waals surface area (Å²) < 4.78 is 37.4. The second kappa shape index (κ2) is 8.68. The van der Waals surface area contributed by atoms with Gasteiger partial charge in [-0.2, -0.15) is 13.2 Å². The zero-order valence-corrected chi connectivity index (χ0v) is 16.6. The lowest BCUT2D eigenvalue weighted by Crippen LogP contribution is -2.33. The number of hydrogen-bond donors (Lipinski definition) is 2. The number of aromatic nitrogens is 2. The molecule has 0 aliphatic carbocycles. The summed E-state index contributed by atoms with van der Waals surface area (Å²) in [5.74, 6) is -0.339. The monoisotopic (exact) mass is 414 g/mol. The fraction of sp³-hybridized carbons (Fsp3) is 0.389. The van der Waals surface area contributed by atoms with E-state index < -0.39 is 23.0 Å². The molecule has 1 atom stereocenters. The van der Waals surface area contributed by atoms with Crippen LogP contribution in [0.1, 0.15) is 35.9 Å². The molecule has 2 N–H and O–H groups in total. The number of anilines is 1. The van der Waals surface area contributed by atoms with E-state index >= 15 is 0 Å². The van der Waals surface area contributed by atoms with Crippen molar-refractivity contribution in [1.29, 1.82) is 0 Å². The number of alkyl halides is 3. The van der Waals surface area contributed by atoms with Crippen LogP contribution >= 0.6 is 11.8 Å². The van der Waals surface area contributed by atoms with Gasteiger partial charge in [-0.05, 0) is 35.4 Å². The van der Waals surface area contributed by atoms with Gasteiger partial charge < -0.3 is 10.2 Å². The molecule has 28 heavy (non-hydrogen) atoms. The Morgan fingerprint density at radius 2 is 1.82 bits per heavy atom. The van der Waals surface area contributed by atoms with Gasteiger partial charge in [-0.15, -0.1) is 0 Å². The van der Waals surface area contributed by atoms with Crippen LogP contribution in [0.25, 0.3) is 0 Å². The van der Waals surface area contributed by atoms with Crippen LogP contribution in [0.3, 0.4) is 0 Å². The van der Waals surface area contributed by atoms with E-state index in [4.69, 9.17) is 0 Å². The van der Waals surface area contributed by atoms with E-state index in [9.17, 15) is 22.8 Å². The highest BCUT2D eigenvalue weighted by atomic mass is 32.2. The van der Waals surface area contributed by atoms with Gasteiger partial charge in [0.15, 0.2) is 0 Å². The molecule has 0 bridgehead atoms. The lowest BCUT2D eigenvalue weighted by Gasteiger charge is -2.23. The Kier molecular flexibility index (Phi) is 6.76. The summed E-state index contributed by atoms with van der Waals surface area (Å²) >= 11 is -0.194. The van der Waals surface area contributed by atoms with E-state index in [-0.39, 0.29) is 34.2 Å². The number of nitrogens with one attached hydrogen (secondary N) is 2. The van der Waals surface area contributed by atoms with Crippen molar-refractivity contribution in [2.75, 3.05) is 19.0 Å². The van der Waals surface area contributed by atoms with Crippen molar-refractivity contribution in [1.82, 2.24) is 15.3 Å². The number of hydrogen-bond acceptors (Lipinski definition) is 5. The first kappa shape index (κ1) is 21.8. The Morgan fingerprint density at radius 3 is 2.32 bits per heavy atom. The van der Waals surface area contributed by atoms with Crippen molar-refractivity contribution >= 4 is 23.6 Å². The quantitative estimate of drug-likeness (QED) is 0.707. The predicted octanol–water partition coefficient (Wildman–Crippen LogP) is 3.57. The first-order chi connectivity index (χ1) is 13.0. The highest BCUT2D eigenvalue weighted by Crippen LogP contribution is 2.37. The molecule has 0 aliphatic rings. The van der Waals surface area contributed by atoms with Crippen LogP contribution in [0.5, 0.6) is 0 Å². The molecular formula is C18H21F3N4O2S. The molecule has 1 amide bonds. The van der Waals surface area contributed by atoms with Gasteiger partial charge in [0.1, 0.15) is 5.69 Å². The third-order valence-corrected chi connectivity index (χ3v) is 4.55. The highest BCUT2D eigenvalue weighted by molar-refractivity contribution is 8.00. The van der Waals surface area contributed by atoms with Gasteiger partial charge in [0, 0.05) is 25.1 Å². The minimum absolute atomic E-state index is 0.0395. The van der Waals surface area contributed by atoms with Crippen LogP contribution in [-0.4, -0.2) is 35.5 Å². The third-order valence-electron chi connectivity index (χ3n) is 3.81. The van der Waals surface area contributed by atoms with E-state index in [1.54, 1.807) is 31.1 Å². The molecule has 0 aliphatic heterocycles. The Hall–Kier alpha value is -2.49. The van der Waals surface area contributed by atoms with Crippen molar-refractivity contribution in [2.45, 2.75) is 30.3 Å². The number of carbonyl (C=O) groups is 1. The molecule has 1 heterocycles. The second-order valence-electron chi connectivity index (χ2n) is 6.66. The maximum Gasteiger partial charge on any atom is 0.446 e. The highest BCUT2D eigenvalue weighted by Gasteiger charge is 2.29. The predicted molar refractivity (Wildman–Crippen MR) is 103 cm³/mol. The number of rotatable bonds is 6. The summed E-state index contributed by atoms with van der Waals surface area (Å²) in [6.07, 6.45) is 0. The van der Waals surface area contributed by atoms with Crippen LogP contribution in [0.2, 0.25) is 0 Å². The molecule has 2 rings (SSSR count).